The second kappa shape index (κ2) is 6.63. The van der Waals surface area contributed by atoms with E-state index in [2.05, 4.69) is 19.9 Å². The van der Waals surface area contributed by atoms with Crippen LogP contribution in [0.3, 0.4) is 0 Å². The second-order valence-electron chi connectivity index (χ2n) is 9.95. The number of hydrogen-bond donors (Lipinski definition) is 0. The van der Waals surface area contributed by atoms with Gasteiger partial charge in [-0.1, -0.05) is 25.5 Å². The van der Waals surface area contributed by atoms with Gasteiger partial charge in [0.15, 0.2) is 0 Å². The summed E-state index contributed by atoms with van der Waals surface area (Å²) < 4.78 is 11.3. The molecule has 0 N–H and O–H groups in total. The van der Waals surface area contributed by atoms with Crippen molar-refractivity contribution >= 4 is 11.9 Å². The molecule has 0 aliphatic heterocycles. The maximum atomic E-state index is 11.6. The van der Waals surface area contributed by atoms with Gasteiger partial charge in [0, 0.05) is 25.7 Å². The van der Waals surface area contributed by atoms with Gasteiger partial charge in [-0.2, -0.15) is 0 Å². The normalized spacial score (nSPS) is 45.8. The molecule has 27 heavy (non-hydrogen) atoms. The molecular weight excluding hydrogens is 340 g/mol. The first-order chi connectivity index (χ1) is 12.7. The number of hydrogen-bond acceptors (Lipinski definition) is 4. The minimum atomic E-state index is -0.159. The third-order valence-electron chi connectivity index (χ3n) is 8.61. The van der Waals surface area contributed by atoms with Gasteiger partial charge in [-0.3, -0.25) is 9.59 Å². The quantitative estimate of drug-likeness (QED) is 0.514. The SMILES string of the molecule is CC(=O)O[C@H]1CC[C@@]2(C)C(=CCC3C2CC[C@@]2(C)C3CC[C@@H]2OC(C)=O)C1. The smallest absolute Gasteiger partial charge is 0.302 e. The van der Waals surface area contributed by atoms with E-state index < -0.39 is 0 Å². The van der Waals surface area contributed by atoms with Gasteiger partial charge in [0.2, 0.25) is 0 Å². The summed E-state index contributed by atoms with van der Waals surface area (Å²) in [6.45, 7) is 7.88. The van der Waals surface area contributed by atoms with Gasteiger partial charge in [-0.15, -0.1) is 0 Å². The molecule has 3 fully saturated rings. The Hall–Kier alpha value is -1.32. The highest BCUT2D eigenvalue weighted by molar-refractivity contribution is 5.66. The molecule has 3 saturated carbocycles. The van der Waals surface area contributed by atoms with Crippen molar-refractivity contribution < 1.29 is 19.1 Å². The molecular formula is C23H34O4. The molecule has 0 aromatic rings. The molecule has 4 rings (SSSR count). The monoisotopic (exact) mass is 374 g/mol. The highest BCUT2D eigenvalue weighted by Crippen LogP contribution is 2.65. The standard InChI is InChI=1S/C23H34O4/c1-14(24)26-17-9-11-22(3)16(13-17)5-6-18-19-7-8-21(27-15(2)25)23(19,4)12-10-20(18)22/h5,17-21H,6-13H2,1-4H3/t17-,18?,19?,20?,21-,22-,23-/m0/s1. The average molecular weight is 375 g/mol. The molecule has 150 valence electrons. The van der Waals surface area contributed by atoms with Gasteiger partial charge in [0.05, 0.1) is 0 Å². The Morgan fingerprint density at radius 3 is 2.41 bits per heavy atom. The Morgan fingerprint density at radius 1 is 0.963 bits per heavy atom. The van der Waals surface area contributed by atoms with Crippen molar-refractivity contribution in [3.63, 3.8) is 0 Å². The van der Waals surface area contributed by atoms with E-state index in [1.54, 1.807) is 6.92 Å². The Kier molecular flexibility index (Phi) is 4.67. The van der Waals surface area contributed by atoms with E-state index in [4.69, 9.17) is 9.47 Å². The lowest BCUT2D eigenvalue weighted by atomic mass is 9.48. The molecule has 0 saturated heterocycles. The summed E-state index contributed by atoms with van der Waals surface area (Å²) in [6.07, 6.45) is 11.4. The van der Waals surface area contributed by atoms with Crippen LogP contribution in [0.2, 0.25) is 0 Å². The van der Waals surface area contributed by atoms with E-state index in [0.717, 1.165) is 38.5 Å². The minimum Gasteiger partial charge on any atom is -0.462 e. The van der Waals surface area contributed by atoms with Gasteiger partial charge < -0.3 is 9.47 Å². The van der Waals surface area contributed by atoms with Crippen LogP contribution in [0.5, 0.6) is 0 Å². The van der Waals surface area contributed by atoms with E-state index in [1.807, 2.05) is 0 Å². The molecule has 4 heteroatoms. The number of ether oxygens (including phenoxy) is 2. The Balaban J connectivity index is 1.55. The van der Waals surface area contributed by atoms with E-state index >= 15 is 0 Å². The zero-order valence-electron chi connectivity index (χ0n) is 17.3. The largest absolute Gasteiger partial charge is 0.462 e. The van der Waals surface area contributed by atoms with Gasteiger partial charge in [-0.05, 0) is 68.1 Å². The summed E-state index contributed by atoms with van der Waals surface area (Å²) in [4.78, 5) is 22.9. The predicted octanol–water partition coefficient (Wildman–Crippen LogP) is 4.81. The third kappa shape index (κ3) is 3.03. The van der Waals surface area contributed by atoms with E-state index in [9.17, 15) is 9.59 Å². The van der Waals surface area contributed by atoms with Crippen LogP contribution in [0.4, 0.5) is 0 Å². The number of carbonyl (C=O) groups is 2. The van der Waals surface area contributed by atoms with Crippen molar-refractivity contribution in [3.8, 4) is 0 Å². The zero-order chi connectivity index (χ0) is 19.4. The average Bonchev–Trinajstić information content (AvgIpc) is 2.91. The van der Waals surface area contributed by atoms with E-state index in [1.165, 1.54) is 25.3 Å². The predicted molar refractivity (Wildman–Crippen MR) is 103 cm³/mol. The lowest BCUT2D eigenvalue weighted by molar-refractivity contribution is -0.157. The van der Waals surface area contributed by atoms with Crippen LogP contribution in [-0.4, -0.2) is 24.1 Å². The van der Waals surface area contributed by atoms with E-state index in [0.29, 0.717) is 17.8 Å². The fraction of sp³-hybridized carbons (Fsp3) is 0.826. The van der Waals surface area contributed by atoms with Crippen LogP contribution in [0, 0.1) is 28.6 Å². The van der Waals surface area contributed by atoms with Crippen molar-refractivity contribution in [2.45, 2.75) is 91.3 Å². The number of rotatable bonds is 2. The van der Waals surface area contributed by atoms with Gasteiger partial charge >= 0.3 is 11.9 Å². The Morgan fingerprint density at radius 2 is 1.70 bits per heavy atom. The molecule has 3 unspecified atom stereocenters. The molecule has 0 bridgehead atoms. The fourth-order valence-electron chi connectivity index (χ4n) is 7.31. The first kappa shape index (κ1) is 19.0. The summed E-state index contributed by atoms with van der Waals surface area (Å²) in [6, 6.07) is 0. The van der Waals surface area contributed by atoms with E-state index in [-0.39, 0.29) is 35.0 Å². The van der Waals surface area contributed by atoms with Crippen molar-refractivity contribution in [3.05, 3.63) is 11.6 Å². The molecule has 4 aliphatic carbocycles. The van der Waals surface area contributed by atoms with Crippen molar-refractivity contribution in [1.29, 1.82) is 0 Å². The highest BCUT2D eigenvalue weighted by Gasteiger charge is 2.59. The zero-order valence-corrected chi connectivity index (χ0v) is 17.3. The highest BCUT2D eigenvalue weighted by atomic mass is 16.5. The molecule has 0 amide bonds. The number of esters is 2. The summed E-state index contributed by atoms with van der Waals surface area (Å²) in [5.41, 5.74) is 1.92. The Labute approximate surface area is 163 Å². The van der Waals surface area contributed by atoms with Crippen LogP contribution >= 0.6 is 0 Å². The second-order valence-corrected chi connectivity index (χ2v) is 9.95. The molecule has 4 aliphatic rings. The molecule has 0 spiro atoms. The van der Waals surface area contributed by atoms with Crippen molar-refractivity contribution in [2.24, 2.45) is 28.6 Å². The minimum absolute atomic E-state index is 0.0621. The van der Waals surface area contributed by atoms with Crippen LogP contribution in [0.1, 0.15) is 79.1 Å². The molecule has 0 aromatic heterocycles. The summed E-state index contributed by atoms with van der Waals surface area (Å²) in [7, 11) is 0. The number of fused-ring (bicyclic) bond motifs is 5. The summed E-state index contributed by atoms with van der Waals surface area (Å²) >= 11 is 0. The lowest BCUT2D eigenvalue weighted by Gasteiger charge is -2.57. The van der Waals surface area contributed by atoms with Crippen molar-refractivity contribution in [1.82, 2.24) is 0 Å². The first-order valence-electron chi connectivity index (χ1n) is 10.8. The van der Waals surface area contributed by atoms with Gasteiger partial charge in [0.1, 0.15) is 12.2 Å². The fourth-order valence-corrected chi connectivity index (χ4v) is 7.31. The van der Waals surface area contributed by atoms with Crippen LogP contribution in [0.15, 0.2) is 11.6 Å². The van der Waals surface area contributed by atoms with Crippen LogP contribution in [0.25, 0.3) is 0 Å². The van der Waals surface area contributed by atoms with Crippen LogP contribution < -0.4 is 0 Å². The molecule has 0 aromatic carbocycles. The first-order valence-corrected chi connectivity index (χ1v) is 10.8. The van der Waals surface area contributed by atoms with Gasteiger partial charge in [-0.25, -0.2) is 0 Å². The number of carbonyl (C=O) groups excluding carboxylic acids is 2. The topological polar surface area (TPSA) is 52.6 Å². The summed E-state index contributed by atoms with van der Waals surface area (Å²) in [5.74, 6) is 1.77. The Bertz CT molecular complexity index is 667. The van der Waals surface area contributed by atoms with Crippen LogP contribution in [-0.2, 0) is 19.1 Å². The third-order valence-corrected chi connectivity index (χ3v) is 8.61. The molecule has 4 nitrogen and oxygen atoms in total. The lowest BCUT2D eigenvalue weighted by Crippen LogP contribution is -2.51. The number of allylic oxidation sites excluding steroid dienone is 1. The molecule has 0 heterocycles. The summed E-state index contributed by atoms with van der Waals surface area (Å²) in [5, 5.41) is 0. The molecule has 0 radical (unpaired) electrons. The maximum Gasteiger partial charge on any atom is 0.302 e. The van der Waals surface area contributed by atoms with Gasteiger partial charge in [0.25, 0.3) is 0 Å². The molecule has 7 atom stereocenters. The maximum absolute atomic E-state index is 11.6. The van der Waals surface area contributed by atoms with Crippen molar-refractivity contribution in [2.75, 3.05) is 0 Å².